The normalized spacial score (nSPS) is 18.1. The molecule has 2 rings (SSSR count). The van der Waals surface area contributed by atoms with Crippen molar-refractivity contribution < 1.29 is 14.3 Å². The van der Waals surface area contributed by atoms with Crippen molar-refractivity contribution in [3.63, 3.8) is 0 Å². The smallest absolute Gasteiger partial charge is 0.255 e. The van der Waals surface area contributed by atoms with Crippen molar-refractivity contribution in [2.45, 2.75) is 25.9 Å². The number of nitrogens with zero attached hydrogens (tertiary/aromatic N) is 1. The zero-order valence-electron chi connectivity index (χ0n) is 11.9. The largest absolute Gasteiger partial charge is 0.497 e. The fourth-order valence-electron chi connectivity index (χ4n) is 2.36. The monoisotopic (exact) mass is 341 g/mol. The first kappa shape index (κ1) is 15.3. The summed E-state index contributed by atoms with van der Waals surface area (Å²) >= 11 is 3.44. The number of likely N-dealkylation sites (N-methyl/N-ethyl adjacent to an activating group) is 1. The summed E-state index contributed by atoms with van der Waals surface area (Å²) in [5, 5.41) is 0. The molecule has 1 fully saturated rings. The highest BCUT2D eigenvalue weighted by Gasteiger charge is 2.23. The molecule has 1 saturated heterocycles. The predicted octanol–water partition coefficient (Wildman–Crippen LogP) is 3.10. The Labute approximate surface area is 128 Å². The molecule has 1 atom stereocenters. The third-order valence-electron chi connectivity index (χ3n) is 3.52. The molecule has 110 valence electrons. The molecule has 5 heteroatoms. The third kappa shape index (κ3) is 3.52. The Morgan fingerprint density at radius 1 is 1.55 bits per heavy atom. The summed E-state index contributed by atoms with van der Waals surface area (Å²) in [5.74, 6) is 0.693. The highest BCUT2D eigenvalue weighted by atomic mass is 79.9. The van der Waals surface area contributed by atoms with Crippen LogP contribution < -0.4 is 4.74 Å². The van der Waals surface area contributed by atoms with Gasteiger partial charge in [-0.15, -0.1) is 0 Å². The second-order valence-electron chi connectivity index (χ2n) is 4.82. The van der Waals surface area contributed by atoms with E-state index in [1.807, 2.05) is 24.0 Å². The third-order valence-corrected chi connectivity index (χ3v) is 4.21. The van der Waals surface area contributed by atoms with Crippen LogP contribution in [0.5, 0.6) is 5.75 Å². The lowest BCUT2D eigenvalue weighted by atomic mass is 10.1. The van der Waals surface area contributed by atoms with Crippen LogP contribution in [0.2, 0.25) is 0 Å². The van der Waals surface area contributed by atoms with Gasteiger partial charge in [0, 0.05) is 24.2 Å². The van der Waals surface area contributed by atoms with Gasteiger partial charge in [-0.25, -0.2) is 0 Å². The maximum absolute atomic E-state index is 12.6. The molecule has 4 nitrogen and oxygen atoms in total. The summed E-state index contributed by atoms with van der Waals surface area (Å²) in [5.41, 5.74) is 0.629. The van der Waals surface area contributed by atoms with Gasteiger partial charge in [0.1, 0.15) is 5.75 Å². The van der Waals surface area contributed by atoms with Crippen molar-refractivity contribution in [1.82, 2.24) is 4.90 Å². The molecule has 1 aliphatic rings. The van der Waals surface area contributed by atoms with Crippen molar-refractivity contribution >= 4 is 21.8 Å². The molecule has 0 aromatic heterocycles. The highest BCUT2D eigenvalue weighted by Crippen LogP contribution is 2.24. The number of carbonyl (C=O) groups excluding carboxylic acids is 1. The summed E-state index contributed by atoms with van der Waals surface area (Å²) in [6, 6.07) is 5.44. The van der Waals surface area contributed by atoms with Gasteiger partial charge < -0.3 is 14.4 Å². The van der Waals surface area contributed by atoms with E-state index in [1.54, 1.807) is 13.2 Å². The number of hydrogen-bond donors (Lipinski definition) is 0. The fraction of sp³-hybridized carbons (Fsp3) is 0.533. The van der Waals surface area contributed by atoms with Gasteiger partial charge in [0.05, 0.1) is 18.8 Å². The van der Waals surface area contributed by atoms with E-state index in [0.29, 0.717) is 24.4 Å². The number of ether oxygens (including phenoxy) is 2. The molecule has 0 spiro atoms. The Bertz CT molecular complexity index is 472. The quantitative estimate of drug-likeness (QED) is 0.825. The van der Waals surface area contributed by atoms with E-state index in [2.05, 4.69) is 15.9 Å². The topological polar surface area (TPSA) is 38.8 Å². The van der Waals surface area contributed by atoms with Gasteiger partial charge in [-0.1, -0.05) is 0 Å². The lowest BCUT2D eigenvalue weighted by molar-refractivity contribution is 0.0538. The van der Waals surface area contributed by atoms with Crippen LogP contribution in [0.4, 0.5) is 0 Å². The second kappa shape index (κ2) is 7.09. The van der Waals surface area contributed by atoms with E-state index in [9.17, 15) is 4.79 Å². The summed E-state index contributed by atoms with van der Waals surface area (Å²) in [6.07, 6.45) is 2.28. The maximum Gasteiger partial charge on any atom is 0.255 e. The Balaban J connectivity index is 2.14. The number of amides is 1. The summed E-state index contributed by atoms with van der Waals surface area (Å²) in [6.45, 7) is 4.11. The molecule has 0 saturated carbocycles. The lowest BCUT2D eigenvalue weighted by Gasteiger charge is -2.24. The molecule has 0 radical (unpaired) electrons. The van der Waals surface area contributed by atoms with Gasteiger partial charge >= 0.3 is 0 Å². The zero-order valence-corrected chi connectivity index (χ0v) is 13.5. The van der Waals surface area contributed by atoms with Crippen LogP contribution in [0.25, 0.3) is 0 Å². The van der Waals surface area contributed by atoms with Crippen molar-refractivity contribution in [2.24, 2.45) is 0 Å². The average Bonchev–Trinajstić information content (AvgIpc) is 2.97. The minimum absolute atomic E-state index is 0.00813. The van der Waals surface area contributed by atoms with Gasteiger partial charge in [-0.3, -0.25) is 4.79 Å². The molecule has 0 aliphatic carbocycles. The maximum atomic E-state index is 12.6. The fourth-order valence-corrected chi connectivity index (χ4v) is 2.77. The molecule has 0 N–H and O–H groups in total. The predicted molar refractivity (Wildman–Crippen MR) is 81.2 cm³/mol. The van der Waals surface area contributed by atoms with Gasteiger partial charge in [0.15, 0.2) is 0 Å². The van der Waals surface area contributed by atoms with E-state index in [0.717, 1.165) is 23.9 Å². The minimum atomic E-state index is 0.00813. The van der Waals surface area contributed by atoms with Crippen molar-refractivity contribution in [2.75, 3.05) is 26.8 Å². The molecule has 1 unspecified atom stereocenters. The second-order valence-corrected chi connectivity index (χ2v) is 5.68. The molecule has 1 amide bonds. The van der Waals surface area contributed by atoms with Gasteiger partial charge in [-0.05, 0) is 53.9 Å². The number of hydrogen-bond acceptors (Lipinski definition) is 3. The molecule has 0 bridgehead atoms. The molecular formula is C15H20BrNO3. The van der Waals surface area contributed by atoms with E-state index in [-0.39, 0.29) is 12.0 Å². The molecule has 1 aromatic rings. The molecule has 1 aromatic carbocycles. The van der Waals surface area contributed by atoms with E-state index in [1.165, 1.54) is 0 Å². The Kier molecular flexibility index (Phi) is 5.43. The van der Waals surface area contributed by atoms with Gasteiger partial charge in [0.2, 0.25) is 0 Å². The van der Waals surface area contributed by atoms with Crippen LogP contribution in [-0.4, -0.2) is 43.7 Å². The van der Waals surface area contributed by atoms with Crippen molar-refractivity contribution in [3.05, 3.63) is 28.2 Å². The first-order chi connectivity index (χ1) is 9.65. The van der Waals surface area contributed by atoms with E-state index >= 15 is 0 Å². The van der Waals surface area contributed by atoms with Crippen LogP contribution in [0.1, 0.15) is 30.1 Å². The SMILES string of the molecule is CCN(CC1CCCO1)C(=O)c1cc(OC)ccc1Br. The van der Waals surface area contributed by atoms with Crippen molar-refractivity contribution in [1.29, 1.82) is 0 Å². The molecule has 1 heterocycles. The summed E-state index contributed by atoms with van der Waals surface area (Å²) in [7, 11) is 1.60. The van der Waals surface area contributed by atoms with Crippen LogP contribution in [-0.2, 0) is 4.74 Å². The van der Waals surface area contributed by atoms with Crippen LogP contribution in [0.15, 0.2) is 22.7 Å². The van der Waals surface area contributed by atoms with Gasteiger partial charge in [-0.2, -0.15) is 0 Å². The number of methoxy groups -OCH3 is 1. The van der Waals surface area contributed by atoms with Crippen LogP contribution >= 0.6 is 15.9 Å². The molecule has 20 heavy (non-hydrogen) atoms. The number of rotatable bonds is 5. The van der Waals surface area contributed by atoms with E-state index in [4.69, 9.17) is 9.47 Å². The van der Waals surface area contributed by atoms with Crippen LogP contribution in [0.3, 0.4) is 0 Å². The number of halogens is 1. The first-order valence-corrected chi connectivity index (χ1v) is 7.69. The van der Waals surface area contributed by atoms with Crippen molar-refractivity contribution in [3.8, 4) is 5.75 Å². The standard InChI is InChI=1S/C15H20BrNO3/c1-3-17(10-12-5-4-8-20-12)15(18)13-9-11(19-2)6-7-14(13)16/h6-7,9,12H,3-5,8,10H2,1-2H3. The first-order valence-electron chi connectivity index (χ1n) is 6.90. The summed E-state index contributed by atoms with van der Waals surface area (Å²) in [4.78, 5) is 14.5. The Morgan fingerprint density at radius 2 is 2.35 bits per heavy atom. The van der Waals surface area contributed by atoms with Gasteiger partial charge in [0.25, 0.3) is 5.91 Å². The average molecular weight is 342 g/mol. The Morgan fingerprint density at radius 3 is 2.95 bits per heavy atom. The number of carbonyl (C=O) groups is 1. The molecular weight excluding hydrogens is 322 g/mol. The van der Waals surface area contributed by atoms with E-state index < -0.39 is 0 Å². The number of benzene rings is 1. The lowest BCUT2D eigenvalue weighted by Crippen LogP contribution is -2.37. The minimum Gasteiger partial charge on any atom is -0.497 e. The highest BCUT2D eigenvalue weighted by molar-refractivity contribution is 9.10. The molecule has 1 aliphatic heterocycles. The Hall–Kier alpha value is -1.07. The van der Waals surface area contributed by atoms with Crippen LogP contribution in [0, 0.1) is 0 Å². The zero-order chi connectivity index (χ0) is 14.5. The summed E-state index contributed by atoms with van der Waals surface area (Å²) < 4.78 is 11.6.